The molecular weight excluding hydrogens is 536 g/mol. The lowest BCUT2D eigenvalue weighted by atomic mass is 9.85. The van der Waals surface area contributed by atoms with Crippen molar-refractivity contribution < 1.29 is 28.7 Å². The second-order valence-electron chi connectivity index (χ2n) is 13.9. The van der Waals surface area contributed by atoms with Crippen molar-refractivity contribution in [2.24, 2.45) is 22.7 Å². The molecule has 42 heavy (non-hydrogen) atoms. The molecule has 230 valence electrons. The highest BCUT2D eigenvalue weighted by molar-refractivity contribution is 6.38. The van der Waals surface area contributed by atoms with E-state index in [1.165, 1.54) is 11.0 Å². The number of carbonyl (C=O) groups excluding carboxylic acids is 5. The van der Waals surface area contributed by atoms with Gasteiger partial charge in [-0.05, 0) is 49.0 Å². The van der Waals surface area contributed by atoms with Crippen LogP contribution in [-0.2, 0) is 30.3 Å². The Morgan fingerprint density at radius 1 is 1.05 bits per heavy atom. The number of hydrogen-bond donors (Lipinski definition) is 3. The second kappa shape index (κ2) is 12.3. The lowest BCUT2D eigenvalue weighted by Crippen LogP contribution is -2.61. The first-order valence-electron chi connectivity index (χ1n) is 14.5. The van der Waals surface area contributed by atoms with Crippen LogP contribution in [0.5, 0.6) is 0 Å². The summed E-state index contributed by atoms with van der Waals surface area (Å²) < 4.78 is 5.42. The molecule has 0 bridgehead atoms. The SMILES string of the molecule is C=CCNC(=O)C(=O)C(Cc1ccccc1)NC(=O)C1C2C(CN1C(=O)C(NC(=O)OC(C)(C)C)C(C)(C)C)C2(C)C. The van der Waals surface area contributed by atoms with Gasteiger partial charge in [0.15, 0.2) is 0 Å². The fourth-order valence-corrected chi connectivity index (χ4v) is 5.78. The first-order chi connectivity index (χ1) is 19.4. The van der Waals surface area contributed by atoms with Gasteiger partial charge in [0.05, 0.1) is 0 Å². The summed E-state index contributed by atoms with van der Waals surface area (Å²) in [4.78, 5) is 68.1. The van der Waals surface area contributed by atoms with Crippen LogP contribution in [0.4, 0.5) is 4.79 Å². The molecule has 0 radical (unpaired) electrons. The van der Waals surface area contributed by atoms with Crippen LogP contribution in [0.1, 0.15) is 61.0 Å². The third kappa shape index (κ3) is 7.57. The maximum absolute atomic E-state index is 14.1. The average Bonchev–Trinajstić information content (AvgIpc) is 3.21. The molecule has 2 fully saturated rings. The van der Waals surface area contributed by atoms with Crippen LogP contribution < -0.4 is 16.0 Å². The first-order valence-corrected chi connectivity index (χ1v) is 14.5. The van der Waals surface area contributed by atoms with Gasteiger partial charge in [-0.15, -0.1) is 6.58 Å². The maximum atomic E-state index is 14.1. The predicted molar refractivity (Wildman–Crippen MR) is 159 cm³/mol. The van der Waals surface area contributed by atoms with E-state index >= 15 is 0 Å². The van der Waals surface area contributed by atoms with Gasteiger partial charge in [0.25, 0.3) is 5.91 Å². The summed E-state index contributed by atoms with van der Waals surface area (Å²) in [6.07, 6.45) is 0.848. The first kappa shape index (κ1) is 32.8. The van der Waals surface area contributed by atoms with Crippen LogP contribution in [0.3, 0.4) is 0 Å². The van der Waals surface area contributed by atoms with E-state index in [-0.39, 0.29) is 30.2 Å². The number of Topliss-reactive ketones (excluding diaryl/α,β-unsaturated/α-hetero) is 1. The van der Waals surface area contributed by atoms with E-state index < -0.39 is 58.7 Å². The quantitative estimate of drug-likeness (QED) is 0.287. The van der Waals surface area contributed by atoms with Crippen LogP contribution >= 0.6 is 0 Å². The molecule has 3 N–H and O–H groups in total. The second-order valence-corrected chi connectivity index (χ2v) is 13.9. The van der Waals surface area contributed by atoms with Crippen molar-refractivity contribution in [3.8, 4) is 0 Å². The largest absolute Gasteiger partial charge is 0.444 e. The summed E-state index contributed by atoms with van der Waals surface area (Å²) in [7, 11) is 0. The van der Waals surface area contributed by atoms with Gasteiger partial charge < -0.3 is 25.6 Å². The smallest absolute Gasteiger partial charge is 0.408 e. The Balaban J connectivity index is 1.89. The van der Waals surface area contributed by atoms with Gasteiger partial charge in [-0.2, -0.15) is 0 Å². The van der Waals surface area contributed by atoms with Crippen LogP contribution in [0, 0.1) is 22.7 Å². The van der Waals surface area contributed by atoms with Crippen molar-refractivity contribution in [2.45, 2.75) is 85.5 Å². The normalized spacial score (nSPS) is 22.2. The van der Waals surface area contributed by atoms with Crippen molar-refractivity contribution in [1.29, 1.82) is 0 Å². The molecule has 5 unspecified atom stereocenters. The molecule has 1 saturated carbocycles. The molecule has 1 aliphatic heterocycles. The van der Waals surface area contributed by atoms with Crippen molar-refractivity contribution in [3.63, 3.8) is 0 Å². The number of fused-ring (bicyclic) bond motifs is 1. The number of nitrogens with one attached hydrogen (secondary N) is 3. The lowest BCUT2D eigenvalue weighted by Gasteiger charge is -2.38. The number of alkyl carbamates (subject to hydrolysis) is 1. The summed E-state index contributed by atoms with van der Waals surface area (Å²) in [6.45, 7) is 18.8. The minimum Gasteiger partial charge on any atom is -0.444 e. The number of ketones is 1. The lowest BCUT2D eigenvalue weighted by molar-refractivity contribution is -0.145. The van der Waals surface area contributed by atoms with Gasteiger partial charge in [-0.3, -0.25) is 19.2 Å². The molecule has 4 amide bonds. The average molecular weight is 583 g/mol. The Bertz CT molecular complexity index is 1210. The zero-order valence-electron chi connectivity index (χ0n) is 26.1. The summed E-state index contributed by atoms with van der Waals surface area (Å²) in [5.74, 6) is -2.56. The number of ether oxygens (including phenoxy) is 1. The van der Waals surface area contributed by atoms with E-state index in [1.807, 2.05) is 51.1 Å². The van der Waals surface area contributed by atoms with Crippen LogP contribution in [-0.4, -0.2) is 71.3 Å². The summed E-state index contributed by atoms with van der Waals surface area (Å²) >= 11 is 0. The molecular formula is C32H46N4O6. The highest BCUT2D eigenvalue weighted by Gasteiger charge is 2.70. The molecule has 10 heteroatoms. The number of carbonyl (C=O) groups is 5. The van der Waals surface area contributed by atoms with Crippen molar-refractivity contribution >= 4 is 29.6 Å². The minimum absolute atomic E-state index is 0.0820. The van der Waals surface area contributed by atoms with E-state index in [2.05, 4.69) is 36.4 Å². The number of amides is 4. The van der Waals surface area contributed by atoms with Crippen LogP contribution in [0.2, 0.25) is 0 Å². The van der Waals surface area contributed by atoms with Gasteiger partial charge in [-0.1, -0.05) is 71.0 Å². The van der Waals surface area contributed by atoms with E-state index in [9.17, 15) is 24.0 Å². The Morgan fingerprint density at radius 3 is 2.21 bits per heavy atom. The number of hydrogen-bond acceptors (Lipinski definition) is 6. The Morgan fingerprint density at radius 2 is 1.67 bits per heavy atom. The molecule has 10 nitrogen and oxygen atoms in total. The standard InChI is InChI=1S/C32H46N4O6/c1-10-16-33-27(39)24(37)21(17-19-14-12-11-13-15-19)34-26(38)23-22-20(32(22,8)9)18-36(23)28(40)25(30(2,3)4)35-29(41)42-31(5,6)7/h10-15,20-23,25H,1,16-18H2,2-9H3,(H,33,39)(H,34,38)(H,35,41). The van der Waals surface area contributed by atoms with Gasteiger partial charge >= 0.3 is 6.09 Å². The van der Waals surface area contributed by atoms with Gasteiger partial charge in [0.1, 0.15) is 23.7 Å². The molecule has 0 aromatic heterocycles. The molecule has 3 rings (SSSR count). The van der Waals surface area contributed by atoms with Crippen LogP contribution in [0.25, 0.3) is 0 Å². The topological polar surface area (TPSA) is 134 Å². The van der Waals surface area contributed by atoms with Crippen molar-refractivity contribution in [3.05, 3.63) is 48.6 Å². The van der Waals surface area contributed by atoms with E-state index in [1.54, 1.807) is 20.8 Å². The third-order valence-electron chi connectivity index (χ3n) is 8.08. The Kier molecular flexibility index (Phi) is 9.59. The van der Waals surface area contributed by atoms with E-state index in [0.29, 0.717) is 6.54 Å². The molecule has 1 heterocycles. The number of likely N-dealkylation sites (tertiary alicyclic amines) is 1. The molecule has 1 aromatic carbocycles. The van der Waals surface area contributed by atoms with Gasteiger partial charge in [0.2, 0.25) is 17.6 Å². The highest BCUT2D eigenvalue weighted by atomic mass is 16.6. The van der Waals surface area contributed by atoms with Gasteiger partial charge in [-0.25, -0.2) is 4.79 Å². The number of rotatable bonds is 10. The zero-order valence-corrected chi connectivity index (χ0v) is 26.1. The molecule has 0 spiro atoms. The summed E-state index contributed by atoms with van der Waals surface area (Å²) in [5, 5.41) is 8.03. The van der Waals surface area contributed by atoms with Gasteiger partial charge in [0, 0.05) is 19.5 Å². The number of nitrogens with zero attached hydrogens (tertiary/aromatic N) is 1. The predicted octanol–water partition coefficient (Wildman–Crippen LogP) is 3.01. The Hall–Kier alpha value is -3.69. The minimum atomic E-state index is -1.14. The molecule has 1 saturated heterocycles. The molecule has 5 atom stereocenters. The molecule has 1 aliphatic carbocycles. The zero-order chi connectivity index (χ0) is 31.6. The van der Waals surface area contributed by atoms with E-state index in [4.69, 9.17) is 4.74 Å². The Labute approximate surface area is 249 Å². The van der Waals surface area contributed by atoms with Crippen LogP contribution in [0.15, 0.2) is 43.0 Å². The third-order valence-corrected chi connectivity index (χ3v) is 8.08. The van der Waals surface area contributed by atoms with Crippen molar-refractivity contribution in [2.75, 3.05) is 13.1 Å². The molecule has 1 aromatic rings. The maximum Gasteiger partial charge on any atom is 0.408 e. The van der Waals surface area contributed by atoms with E-state index in [0.717, 1.165) is 5.56 Å². The summed E-state index contributed by atoms with van der Waals surface area (Å²) in [6, 6.07) is 6.13. The monoisotopic (exact) mass is 582 g/mol. The number of benzene rings is 1. The number of piperidine rings is 1. The highest BCUT2D eigenvalue weighted by Crippen LogP contribution is 2.65. The summed E-state index contributed by atoms with van der Waals surface area (Å²) in [5.41, 5.74) is -0.859. The molecule has 2 aliphatic rings. The van der Waals surface area contributed by atoms with Crippen molar-refractivity contribution in [1.82, 2.24) is 20.9 Å². The fourth-order valence-electron chi connectivity index (χ4n) is 5.78. The fraction of sp³-hybridized carbons (Fsp3) is 0.594.